The number of methoxy groups -OCH3 is 1. The Morgan fingerprint density at radius 3 is 2.59 bits per heavy atom. The zero-order valence-corrected chi connectivity index (χ0v) is 10.6. The largest absolute Gasteiger partial charge is 0.496 e. The van der Waals surface area contributed by atoms with E-state index in [9.17, 15) is 4.79 Å². The lowest BCUT2D eigenvalue weighted by Gasteiger charge is -2.16. The second-order valence-electron chi connectivity index (χ2n) is 4.45. The van der Waals surface area contributed by atoms with Gasteiger partial charge in [0.05, 0.1) is 13.0 Å². The number of carboxylic acid groups (broad SMARTS) is 1. The van der Waals surface area contributed by atoms with Crippen molar-refractivity contribution in [2.45, 2.75) is 26.7 Å². The third-order valence-corrected chi connectivity index (χ3v) is 3.30. The number of aryl methyl sites for hydroxylation is 1. The lowest BCUT2D eigenvalue weighted by Crippen LogP contribution is -2.18. The number of benzene rings is 1. The van der Waals surface area contributed by atoms with Gasteiger partial charge in [0.1, 0.15) is 5.75 Å². The first kappa shape index (κ1) is 13.6. The number of carbonyl (C=O) groups is 1. The molecule has 3 heteroatoms. The molecule has 0 fully saturated rings. The Labute approximate surface area is 102 Å². The molecule has 2 atom stereocenters. The molecule has 17 heavy (non-hydrogen) atoms. The van der Waals surface area contributed by atoms with E-state index in [-0.39, 0.29) is 11.8 Å². The summed E-state index contributed by atoms with van der Waals surface area (Å²) in [6.07, 6.45) is 1.70. The molecule has 0 amide bonds. The van der Waals surface area contributed by atoms with E-state index in [1.807, 2.05) is 31.2 Å². The van der Waals surface area contributed by atoms with Crippen LogP contribution in [0.4, 0.5) is 0 Å². The summed E-state index contributed by atoms with van der Waals surface area (Å²) in [6, 6.07) is 7.87. The summed E-state index contributed by atoms with van der Waals surface area (Å²) in [5.41, 5.74) is 1.14. The van der Waals surface area contributed by atoms with Gasteiger partial charge in [-0.05, 0) is 30.4 Å². The molecule has 1 aromatic carbocycles. The fraction of sp³-hybridized carbons (Fsp3) is 0.500. The molecule has 0 spiro atoms. The van der Waals surface area contributed by atoms with Crippen molar-refractivity contribution in [3.8, 4) is 5.75 Å². The SMILES string of the molecule is COc1ccccc1CCC(C)C(C)C(=O)O. The van der Waals surface area contributed by atoms with Crippen LogP contribution in [0.25, 0.3) is 0 Å². The average molecular weight is 236 g/mol. The van der Waals surface area contributed by atoms with Gasteiger partial charge >= 0.3 is 5.97 Å². The van der Waals surface area contributed by atoms with Gasteiger partial charge in [0.15, 0.2) is 0 Å². The maximum atomic E-state index is 10.9. The Hall–Kier alpha value is -1.51. The monoisotopic (exact) mass is 236 g/mol. The number of hydrogen-bond donors (Lipinski definition) is 1. The van der Waals surface area contributed by atoms with E-state index in [1.54, 1.807) is 14.0 Å². The van der Waals surface area contributed by atoms with Gasteiger partial charge in [-0.25, -0.2) is 0 Å². The third-order valence-electron chi connectivity index (χ3n) is 3.30. The average Bonchev–Trinajstić information content (AvgIpc) is 2.35. The molecule has 0 aliphatic rings. The zero-order valence-electron chi connectivity index (χ0n) is 10.6. The third kappa shape index (κ3) is 3.77. The summed E-state index contributed by atoms with van der Waals surface area (Å²) < 4.78 is 5.27. The van der Waals surface area contributed by atoms with Crippen LogP contribution in [0.2, 0.25) is 0 Å². The number of hydrogen-bond acceptors (Lipinski definition) is 2. The Bertz CT molecular complexity index is 373. The van der Waals surface area contributed by atoms with Crippen LogP contribution in [-0.2, 0) is 11.2 Å². The maximum Gasteiger partial charge on any atom is 0.306 e. The predicted molar refractivity (Wildman–Crippen MR) is 67.3 cm³/mol. The molecule has 94 valence electrons. The molecule has 0 saturated carbocycles. The second kappa shape index (κ2) is 6.28. The molecular weight excluding hydrogens is 216 g/mol. The number of rotatable bonds is 6. The van der Waals surface area contributed by atoms with E-state index >= 15 is 0 Å². The minimum Gasteiger partial charge on any atom is -0.496 e. The summed E-state index contributed by atoms with van der Waals surface area (Å²) in [5.74, 6) is 0.0160. The van der Waals surface area contributed by atoms with Crippen molar-refractivity contribution in [3.63, 3.8) is 0 Å². The van der Waals surface area contributed by atoms with Crippen LogP contribution in [0.5, 0.6) is 5.75 Å². The van der Waals surface area contributed by atoms with Crippen molar-refractivity contribution >= 4 is 5.97 Å². The second-order valence-corrected chi connectivity index (χ2v) is 4.45. The molecule has 0 aliphatic carbocycles. The highest BCUT2D eigenvalue weighted by molar-refractivity contribution is 5.69. The Balaban J connectivity index is 2.58. The van der Waals surface area contributed by atoms with Gasteiger partial charge in [-0.1, -0.05) is 32.0 Å². The van der Waals surface area contributed by atoms with Gasteiger partial charge in [-0.3, -0.25) is 4.79 Å². The summed E-state index contributed by atoms with van der Waals surface area (Å²) in [4.78, 5) is 10.9. The van der Waals surface area contributed by atoms with E-state index < -0.39 is 5.97 Å². The van der Waals surface area contributed by atoms with Gasteiger partial charge < -0.3 is 9.84 Å². The minimum absolute atomic E-state index is 0.164. The summed E-state index contributed by atoms with van der Waals surface area (Å²) in [7, 11) is 1.65. The van der Waals surface area contributed by atoms with Crippen LogP contribution in [0.1, 0.15) is 25.8 Å². The van der Waals surface area contributed by atoms with Crippen LogP contribution >= 0.6 is 0 Å². The molecule has 0 saturated heterocycles. The normalized spacial score (nSPS) is 14.1. The predicted octanol–water partition coefficient (Wildman–Crippen LogP) is 2.98. The Morgan fingerprint density at radius 1 is 1.35 bits per heavy atom. The summed E-state index contributed by atoms with van der Waals surface area (Å²) >= 11 is 0. The highest BCUT2D eigenvalue weighted by atomic mass is 16.5. The highest BCUT2D eigenvalue weighted by Crippen LogP contribution is 2.23. The molecule has 1 N–H and O–H groups in total. The molecule has 3 nitrogen and oxygen atoms in total. The molecule has 0 radical (unpaired) electrons. The van der Waals surface area contributed by atoms with Crippen molar-refractivity contribution in [2.24, 2.45) is 11.8 Å². The molecule has 0 aromatic heterocycles. The zero-order chi connectivity index (χ0) is 12.8. The van der Waals surface area contributed by atoms with Crippen LogP contribution in [0, 0.1) is 11.8 Å². The topological polar surface area (TPSA) is 46.5 Å². The molecule has 0 heterocycles. The van der Waals surface area contributed by atoms with Crippen molar-refractivity contribution in [1.82, 2.24) is 0 Å². The standard InChI is InChI=1S/C14H20O3/c1-10(11(2)14(15)16)8-9-12-6-4-5-7-13(12)17-3/h4-7,10-11H,8-9H2,1-3H3,(H,15,16). The van der Waals surface area contributed by atoms with Crippen LogP contribution in [0.15, 0.2) is 24.3 Å². The van der Waals surface area contributed by atoms with Crippen molar-refractivity contribution in [3.05, 3.63) is 29.8 Å². The number of para-hydroxylation sites is 1. The van der Waals surface area contributed by atoms with E-state index in [2.05, 4.69) is 0 Å². The van der Waals surface area contributed by atoms with Gasteiger partial charge in [0.2, 0.25) is 0 Å². The quantitative estimate of drug-likeness (QED) is 0.826. The Kier molecular flexibility index (Phi) is 5.01. The van der Waals surface area contributed by atoms with Crippen molar-refractivity contribution in [2.75, 3.05) is 7.11 Å². The van der Waals surface area contributed by atoms with Gasteiger partial charge in [0.25, 0.3) is 0 Å². The molecule has 1 rings (SSSR count). The van der Waals surface area contributed by atoms with E-state index in [1.165, 1.54) is 0 Å². The van der Waals surface area contributed by atoms with E-state index in [4.69, 9.17) is 9.84 Å². The van der Waals surface area contributed by atoms with Crippen molar-refractivity contribution in [1.29, 1.82) is 0 Å². The number of aliphatic carboxylic acids is 1. The fourth-order valence-electron chi connectivity index (χ4n) is 1.79. The van der Waals surface area contributed by atoms with Gasteiger partial charge in [0, 0.05) is 0 Å². The summed E-state index contributed by atoms with van der Waals surface area (Å²) in [5, 5.41) is 8.93. The first-order chi connectivity index (χ1) is 8.06. The van der Waals surface area contributed by atoms with Crippen LogP contribution in [0.3, 0.4) is 0 Å². The first-order valence-corrected chi connectivity index (χ1v) is 5.91. The summed E-state index contributed by atoms with van der Waals surface area (Å²) in [6.45, 7) is 3.74. The first-order valence-electron chi connectivity index (χ1n) is 5.91. The van der Waals surface area contributed by atoms with Gasteiger partial charge in [-0.15, -0.1) is 0 Å². The molecular formula is C14H20O3. The lowest BCUT2D eigenvalue weighted by molar-refractivity contribution is -0.142. The lowest BCUT2D eigenvalue weighted by atomic mass is 9.90. The Morgan fingerprint density at radius 2 is 2.00 bits per heavy atom. The molecule has 2 unspecified atom stereocenters. The smallest absolute Gasteiger partial charge is 0.306 e. The van der Waals surface area contributed by atoms with E-state index in [0.717, 1.165) is 24.2 Å². The maximum absolute atomic E-state index is 10.9. The molecule has 0 bridgehead atoms. The van der Waals surface area contributed by atoms with Crippen LogP contribution < -0.4 is 4.74 Å². The van der Waals surface area contributed by atoms with Crippen LogP contribution in [-0.4, -0.2) is 18.2 Å². The molecule has 0 aliphatic heterocycles. The fourth-order valence-corrected chi connectivity index (χ4v) is 1.79. The number of carboxylic acids is 1. The highest BCUT2D eigenvalue weighted by Gasteiger charge is 2.19. The molecule has 1 aromatic rings. The number of ether oxygens (including phenoxy) is 1. The minimum atomic E-state index is -0.725. The van der Waals surface area contributed by atoms with Crippen molar-refractivity contribution < 1.29 is 14.6 Å². The van der Waals surface area contributed by atoms with E-state index in [0.29, 0.717) is 0 Å². The van der Waals surface area contributed by atoms with Gasteiger partial charge in [-0.2, -0.15) is 0 Å².